The molecule has 1 atom stereocenters. The predicted octanol–water partition coefficient (Wildman–Crippen LogP) is 3.35. The van der Waals surface area contributed by atoms with Crippen LogP contribution in [-0.4, -0.2) is 49.3 Å². The van der Waals surface area contributed by atoms with E-state index < -0.39 is 0 Å². The Morgan fingerprint density at radius 1 is 1.41 bits per heavy atom. The molecule has 1 unspecified atom stereocenters. The molecule has 27 heavy (non-hydrogen) atoms. The summed E-state index contributed by atoms with van der Waals surface area (Å²) >= 11 is 0. The second kappa shape index (κ2) is 8.38. The van der Waals surface area contributed by atoms with E-state index in [0.29, 0.717) is 23.6 Å². The number of aliphatic imine (C=N–C) groups is 1. The summed E-state index contributed by atoms with van der Waals surface area (Å²) in [5.74, 6) is 6.01. The van der Waals surface area contributed by atoms with Gasteiger partial charge in [0.05, 0.1) is 36.4 Å². The summed E-state index contributed by atoms with van der Waals surface area (Å²) in [7, 11) is 0. The smallest absolute Gasteiger partial charge is 0.126 e. The van der Waals surface area contributed by atoms with Crippen molar-refractivity contribution in [2.24, 2.45) is 21.4 Å². The molecule has 0 aromatic carbocycles. The van der Waals surface area contributed by atoms with Gasteiger partial charge in [0.15, 0.2) is 0 Å². The van der Waals surface area contributed by atoms with Gasteiger partial charge in [-0.15, -0.1) is 0 Å². The van der Waals surface area contributed by atoms with Gasteiger partial charge < -0.3 is 15.5 Å². The molecule has 6 nitrogen and oxygen atoms in total. The van der Waals surface area contributed by atoms with Crippen LogP contribution in [0.3, 0.4) is 0 Å². The van der Waals surface area contributed by atoms with Crippen LogP contribution in [0.2, 0.25) is 0 Å². The number of anilines is 1. The van der Waals surface area contributed by atoms with Crippen LogP contribution in [0.15, 0.2) is 22.4 Å². The van der Waals surface area contributed by atoms with E-state index >= 15 is 0 Å². The number of aromatic nitrogens is 1. The number of ether oxygens (including phenoxy) is 1. The van der Waals surface area contributed by atoms with E-state index in [2.05, 4.69) is 48.8 Å². The van der Waals surface area contributed by atoms with E-state index in [-0.39, 0.29) is 6.10 Å². The third-order valence-electron chi connectivity index (χ3n) is 5.31. The highest BCUT2D eigenvalue weighted by Crippen LogP contribution is 2.34. The summed E-state index contributed by atoms with van der Waals surface area (Å²) in [4.78, 5) is 11.6. The summed E-state index contributed by atoms with van der Waals surface area (Å²) < 4.78 is 5.73. The van der Waals surface area contributed by atoms with Crippen molar-refractivity contribution in [1.29, 1.82) is 0 Å². The Morgan fingerprint density at radius 2 is 2.19 bits per heavy atom. The van der Waals surface area contributed by atoms with Crippen molar-refractivity contribution in [3.63, 3.8) is 0 Å². The first-order valence-corrected chi connectivity index (χ1v) is 10.0. The van der Waals surface area contributed by atoms with Gasteiger partial charge >= 0.3 is 0 Å². The van der Waals surface area contributed by atoms with Gasteiger partial charge in [0.2, 0.25) is 0 Å². The molecule has 3 rings (SSSR count). The van der Waals surface area contributed by atoms with Crippen LogP contribution in [0, 0.1) is 5.41 Å². The van der Waals surface area contributed by atoms with Gasteiger partial charge in [0.25, 0.3) is 0 Å². The zero-order valence-corrected chi connectivity index (χ0v) is 17.1. The fourth-order valence-corrected chi connectivity index (χ4v) is 3.83. The Balaban J connectivity index is 1.74. The third kappa shape index (κ3) is 4.86. The van der Waals surface area contributed by atoms with Crippen LogP contribution in [-0.2, 0) is 4.74 Å². The average Bonchev–Trinajstić information content (AvgIpc) is 2.64. The molecule has 2 aliphatic heterocycles. The van der Waals surface area contributed by atoms with Crippen LogP contribution in [0.5, 0.6) is 0 Å². The normalized spacial score (nSPS) is 23.1. The van der Waals surface area contributed by atoms with Gasteiger partial charge in [-0.05, 0) is 42.2 Å². The van der Waals surface area contributed by atoms with Crippen molar-refractivity contribution in [3.05, 3.63) is 23.5 Å². The lowest BCUT2D eigenvalue weighted by Crippen LogP contribution is -2.53. The minimum absolute atomic E-state index is 0.212. The van der Waals surface area contributed by atoms with Crippen molar-refractivity contribution in [2.75, 3.05) is 31.1 Å². The standard InChI is InChI=1S/C21H33N5O/c1-15(2)18-9-16(26-13-21(3,4)14-26)10-24-20(18)19(25-22)12-23-11-17-7-5-6-8-27-17/h9-10,12,15,17H,5-8,11,13-14,22H2,1-4H3/b23-12?,25-19+. The van der Waals surface area contributed by atoms with E-state index in [1.807, 2.05) is 6.20 Å². The molecule has 0 radical (unpaired) electrons. The van der Waals surface area contributed by atoms with E-state index in [1.54, 1.807) is 6.21 Å². The van der Waals surface area contributed by atoms with E-state index in [0.717, 1.165) is 43.8 Å². The van der Waals surface area contributed by atoms with Crippen molar-refractivity contribution in [3.8, 4) is 0 Å². The molecule has 3 heterocycles. The van der Waals surface area contributed by atoms with Crippen molar-refractivity contribution in [2.45, 2.75) is 59.0 Å². The minimum Gasteiger partial charge on any atom is -0.376 e. The molecule has 1 aromatic heterocycles. The maximum atomic E-state index is 5.73. The highest BCUT2D eigenvalue weighted by Gasteiger charge is 2.34. The van der Waals surface area contributed by atoms with E-state index in [1.165, 1.54) is 12.1 Å². The molecule has 0 spiro atoms. The fourth-order valence-electron chi connectivity index (χ4n) is 3.83. The zero-order chi connectivity index (χ0) is 19.4. The number of hydrazone groups is 1. The lowest BCUT2D eigenvalue weighted by atomic mass is 9.84. The number of nitrogens with two attached hydrogens (primary N) is 1. The molecule has 148 valence electrons. The van der Waals surface area contributed by atoms with Crippen LogP contribution in [0.4, 0.5) is 5.69 Å². The maximum Gasteiger partial charge on any atom is 0.126 e. The van der Waals surface area contributed by atoms with Gasteiger partial charge in [-0.25, -0.2) is 0 Å². The molecular weight excluding hydrogens is 338 g/mol. The first-order valence-electron chi connectivity index (χ1n) is 10.0. The Morgan fingerprint density at radius 3 is 2.78 bits per heavy atom. The van der Waals surface area contributed by atoms with Gasteiger partial charge in [0.1, 0.15) is 5.71 Å². The third-order valence-corrected chi connectivity index (χ3v) is 5.31. The van der Waals surface area contributed by atoms with Gasteiger partial charge in [-0.3, -0.25) is 9.98 Å². The summed E-state index contributed by atoms with van der Waals surface area (Å²) in [6.45, 7) is 12.5. The first-order chi connectivity index (χ1) is 12.9. The number of hydrogen-bond donors (Lipinski definition) is 1. The van der Waals surface area contributed by atoms with E-state index in [9.17, 15) is 0 Å². The van der Waals surface area contributed by atoms with Gasteiger partial charge in [0, 0.05) is 19.7 Å². The Hall–Kier alpha value is -1.95. The first kappa shape index (κ1) is 19.8. The van der Waals surface area contributed by atoms with Gasteiger partial charge in [-0.1, -0.05) is 27.7 Å². The Bertz CT molecular complexity index is 697. The number of hydrogen-bond acceptors (Lipinski definition) is 6. The van der Waals surface area contributed by atoms with Crippen LogP contribution >= 0.6 is 0 Å². The number of rotatable bonds is 6. The average molecular weight is 372 g/mol. The molecule has 0 bridgehead atoms. The number of nitrogens with zero attached hydrogens (tertiary/aromatic N) is 4. The van der Waals surface area contributed by atoms with Gasteiger partial charge in [-0.2, -0.15) is 5.10 Å². The van der Waals surface area contributed by atoms with Crippen molar-refractivity contribution in [1.82, 2.24) is 4.98 Å². The lowest BCUT2D eigenvalue weighted by molar-refractivity contribution is 0.0226. The van der Waals surface area contributed by atoms with E-state index in [4.69, 9.17) is 15.6 Å². The molecule has 2 saturated heterocycles. The molecule has 2 aliphatic rings. The molecule has 0 saturated carbocycles. The lowest BCUT2D eigenvalue weighted by Gasteiger charge is -2.47. The van der Waals surface area contributed by atoms with Crippen LogP contribution in [0.1, 0.15) is 64.1 Å². The van der Waals surface area contributed by atoms with Crippen LogP contribution < -0.4 is 10.7 Å². The number of pyridine rings is 1. The SMILES string of the molecule is CC(C)c1cc(N2CC(C)(C)C2)cnc1/C(C=NCC1CCCCO1)=N/N. The molecule has 0 aliphatic carbocycles. The molecule has 2 fully saturated rings. The molecule has 2 N–H and O–H groups in total. The summed E-state index contributed by atoms with van der Waals surface area (Å²) in [6.07, 6.45) is 7.33. The summed E-state index contributed by atoms with van der Waals surface area (Å²) in [6, 6.07) is 2.23. The van der Waals surface area contributed by atoms with Crippen molar-refractivity contribution >= 4 is 17.6 Å². The second-order valence-corrected chi connectivity index (χ2v) is 8.80. The highest BCUT2D eigenvalue weighted by molar-refractivity contribution is 6.38. The molecule has 1 aromatic rings. The second-order valence-electron chi connectivity index (χ2n) is 8.80. The summed E-state index contributed by atoms with van der Waals surface area (Å²) in [5, 5.41) is 3.97. The summed E-state index contributed by atoms with van der Waals surface area (Å²) in [5.41, 5.74) is 4.16. The quantitative estimate of drug-likeness (QED) is 0.473. The molecular formula is C21H33N5O. The topological polar surface area (TPSA) is 76.1 Å². The molecule has 0 amide bonds. The van der Waals surface area contributed by atoms with Crippen molar-refractivity contribution < 1.29 is 4.74 Å². The zero-order valence-electron chi connectivity index (χ0n) is 17.1. The Kier molecular flexibility index (Phi) is 6.15. The Labute approximate surface area is 162 Å². The van der Waals surface area contributed by atoms with Crippen LogP contribution in [0.25, 0.3) is 0 Å². The maximum absolute atomic E-state index is 5.73. The predicted molar refractivity (Wildman–Crippen MR) is 112 cm³/mol. The monoisotopic (exact) mass is 371 g/mol. The minimum atomic E-state index is 0.212. The fraction of sp³-hybridized carbons (Fsp3) is 0.667. The largest absolute Gasteiger partial charge is 0.376 e. The highest BCUT2D eigenvalue weighted by atomic mass is 16.5. The molecule has 6 heteroatoms.